The van der Waals surface area contributed by atoms with E-state index in [0.717, 1.165) is 5.56 Å². The number of hydrogen-bond acceptors (Lipinski definition) is 4. The molecule has 2 rings (SSSR count). The maximum Gasteiger partial charge on any atom is 0.237 e. The molecule has 1 amide bonds. The number of thiophene rings is 1. The second kappa shape index (κ2) is 8.08. The number of benzene rings is 1. The molecule has 2 aromatic rings. The van der Waals surface area contributed by atoms with Gasteiger partial charge in [-0.25, -0.2) is 0 Å². The molecule has 5 heteroatoms. The van der Waals surface area contributed by atoms with Gasteiger partial charge in [0.1, 0.15) is 0 Å². The second-order valence-corrected chi connectivity index (χ2v) is 6.52. The molecule has 0 fully saturated rings. The lowest BCUT2D eigenvalue weighted by molar-refractivity contribution is -0.122. The zero-order valence-electron chi connectivity index (χ0n) is 13.0. The second-order valence-electron chi connectivity index (χ2n) is 5.54. The number of amides is 1. The Labute approximate surface area is 135 Å². The van der Waals surface area contributed by atoms with Crippen LogP contribution in [0.3, 0.4) is 0 Å². The minimum absolute atomic E-state index is 0.104. The normalized spacial score (nSPS) is 13.8. The lowest BCUT2D eigenvalue weighted by Gasteiger charge is -2.24. The maximum atomic E-state index is 12.2. The molecule has 4 nitrogen and oxygen atoms in total. The summed E-state index contributed by atoms with van der Waals surface area (Å²) < 4.78 is 0. The van der Waals surface area contributed by atoms with Crippen LogP contribution in [0.2, 0.25) is 0 Å². The molecule has 1 aromatic heterocycles. The predicted octanol–water partition coefficient (Wildman–Crippen LogP) is 2.04. The van der Waals surface area contributed by atoms with Crippen molar-refractivity contribution in [2.45, 2.75) is 18.5 Å². The highest BCUT2D eigenvalue weighted by molar-refractivity contribution is 7.10. The highest BCUT2D eigenvalue weighted by Crippen LogP contribution is 2.22. The van der Waals surface area contributed by atoms with Gasteiger partial charge in [-0.1, -0.05) is 36.4 Å². The molecule has 0 aliphatic rings. The number of rotatable bonds is 7. The number of nitrogens with two attached hydrogens (primary N) is 1. The van der Waals surface area contributed by atoms with Crippen molar-refractivity contribution in [3.63, 3.8) is 0 Å². The zero-order valence-corrected chi connectivity index (χ0v) is 13.8. The summed E-state index contributed by atoms with van der Waals surface area (Å²) in [6, 6.07) is 13.6. The van der Waals surface area contributed by atoms with E-state index in [4.69, 9.17) is 5.73 Å². The fourth-order valence-corrected chi connectivity index (χ4v) is 3.23. The van der Waals surface area contributed by atoms with Crippen molar-refractivity contribution in [3.8, 4) is 0 Å². The van der Waals surface area contributed by atoms with E-state index in [-0.39, 0.29) is 11.9 Å². The van der Waals surface area contributed by atoms with Gasteiger partial charge < -0.3 is 16.0 Å². The van der Waals surface area contributed by atoms with Crippen molar-refractivity contribution in [1.29, 1.82) is 0 Å². The van der Waals surface area contributed by atoms with Crippen molar-refractivity contribution < 1.29 is 4.79 Å². The van der Waals surface area contributed by atoms with Crippen LogP contribution in [-0.2, 0) is 11.2 Å². The Kier molecular flexibility index (Phi) is 6.12. The predicted molar refractivity (Wildman–Crippen MR) is 91.9 cm³/mol. The van der Waals surface area contributed by atoms with Crippen LogP contribution in [-0.4, -0.2) is 37.5 Å². The first-order valence-electron chi connectivity index (χ1n) is 7.35. The van der Waals surface area contributed by atoms with Crippen molar-refractivity contribution in [2.24, 2.45) is 5.73 Å². The van der Waals surface area contributed by atoms with Gasteiger partial charge in [-0.05, 0) is 37.5 Å². The Bertz CT molecular complexity index is 569. The van der Waals surface area contributed by atoms with Gasteiger partial charge in [-0.15, -0.1) is 11.3 Å². The molecule has 0 spiro atoms. The van der Waals surface area contributed by atoms with E-state index >= 15 is 0 Å². The number of likely N-dealkylation sites (N-methyl/N-ethyl adjacent to an activating group) is 1. The minimum atomic E-state index is -0.520. The van der Waals surface area contributed by atoms with Gasteiger partial charge in [-0.2, -0.15) is 0 Å². The molecule has 1 heterocycles. The molecule has 1 aromatic carbocycles. The van der Waals surface area contributed by atoms with E-state index in [1.54, 1.807) is 11.3 Å². The topological polar surface area (TPSA) is 58.4 Å². The van der Waals surface area contributed by atoms with Gasteiger partial charge in [-0.3, -0.25) is 4.79 Å². The number of carbonyl (C=O) groups is 1. The van der Waals surface area contributed by atoms with Crippen LogP contribution in [0.4, 0.5) is 0 Å². The van der Waals surface area contributed by atoms with E-state index in [0.29, 0.717) is 13.0 Å². The molecule has 0 radical (unpaired) electrons. The molecule has 0 aliphatic heterocycles. The molecule has 2 unspecified atom stereocenters. The van der Waals surface area contributed by atoms with E-state index in [9.17, 15) is 4.79 Å². The third kappa shape index (κ3) is 4.66. The molecule has 0 bridgehead atoms. The van der Waals surface area contributed by atoms with E-state index in [1.807, 2.05) is 50.5 Å². The highest BCUT2D eigenvalue weighted by atomic mass is 32.1. The summed E-state index contributed by atoms with van der Waals surface area (Å²) in [6.45, 7) is 0.564. The fourth-order valence-electron chi connectivity index (χ4n) is 2.31. The minimum Gasteiger partial charge on any atom is -0.353 e. The summed E-state index contributed by atoms with van der Waals surface area (Å²) in [5, 5.41) is 5.02. The molecule has 3 N–H and O–H groups in total. The summed E-state index contributed by atoms with van der Waals surface area (Å²) in [4.78, 5) is 15.5. The Morgan fingerprint density at radius 3 is 2.55 bits per heavy atom. The number of nitrogens with zero attached hydrogens (tertiary/aromatic N) is 1. The van der Waals surface area contributed by atoms with Crippen LogP contribution in [0.25, 0.3) is 0 Å². The van der Waals surface area contributed by atoms with Crippen LogP contribution < -0.4 is 11.1 Å². The average molecular weight is 317 g/mol. The van der Waals surface area contributed by atoms with Crippen LogP contribution in [0.1, 0.15) is 16.5 Å². The number of carbonyl (C=O) groups excluding carboxylic acids is 1. The van der Waals surface area contributed by atoms with Crippen molar-refractivity contribution >= 4 is 17.2 Å². The molecule has 2 atom stereocenters. The first-order chi connectivity index (χ1) is 10.6. The fraction of sp³-hybridized carbons (Fsp3) is 0.353. The summed E-state index contributed by atoms with van der Waals surface area (Å²) in [6.07, 6.45) is 0.554. The highest BCUT2D eigenvalue weighted by Gasteiger charge is 2.19. The third-order valence-corrected chi connectivity index (χ3v) is 4.57. The molecule has 22 heavy (non-hydrogen) atoms. The third-order valence-electron chi connectivity index (χ3n) is 3.60. The first kappa shape index (κ1) is 16.7. The quantitative estimate of drug-likeness (QED) is 0.821. The Hall–Kier alpha value is -1.69. The molecular weight excluding hydrogens is 294 g/mol. The van der Waals surface area contributed by atoms with Crippen LogP contribution in [0, 0.1) is 0 Å². The lowest BCUT2D eigenvalue weighted by Crippen LogP contribution is -2.44. The van der Waals surface area contributed by atoms with Crippen molar-refractivity contribution in [2.75, 3.05) is 20.6 Å². The summed E-state index contributed by atoms with van der Waals surface area (Å²) >= 11 is 1.70. The standard InChI is InChI=1S/C17H23N3OS/c1-20(2)15(16-9-6-10-22-16)12-19-17(21)14(18)11-13-7-4-3-5-8-13/h3-10,14-15H,11-12,18H2,1-2H3,(H,19,21). The van der Waals surface area contributed by atoms with Gasteiger partial charge in [0, 0.05) is 11.4 Å². The summed E-state index contributed by atoms with van der Waals surface area (Å²) in [5.74, 6) is -0.104. The van der Waals surface area contributed by atoms with Crippen LogP contribution >= 0.6 is 11.3 Å². The molecule has 0 aliphatic carbocycles. The SMILES string of the molecule is CN(C)C(CNC(=O)C(N)Cc1ccccc1)c1cccs1. The first-order valence-corrected chi connectivity index (χ1v) is 8.23. The zero-order chi connectivity index (χ0) is 15.9. The van der Waals surface area contributed by atoms with E-state index < -0.39 is 6.04 Å². The number of hydrogen-bond donors (Lipinski definition) is 2. The molecule has 118 valence electrons. The van der Waals surface area contributed by atoms with Gasteiger partial charge in [0.05, 0.1) is 12.1 Å². The molecular formula is C17H23N3OS. The molecule has 0 saturated heterocycles. The molecule has 0 saturated carbocycles. The lowest BCUT2D eigenvalue weighted by atomic mass is 10.1. The maximum absolute atomic E-state index is 12.2. The Balaban J connectivity index is 1.88. The van der Waals surface area contributed by atoms with Crippen LogP contribution in [0.5, 0.6) is 0 Å². The van der Waals surface area contributed by atoms with E-state index in [1.165, 1.54) is 4.88 Å². The van der Waals surface area contributed by atoms with Gasteiger partial charge in [0.2, 0.25) is 5.91 Å². The summed E-state index contributed by atoms with van der Waals surface area (Å²) in [5.41, 5.74) is 7.08. The van der Waals surface area contributed by atoms with Gasteiger partial charge in [0.25, 0.3) is 0 Å². The monoisotopic (exact) mass is 317 g/mol. The number of nitrogens with one attached hydrogen (secondary N) is 1. The van der Waals surface area contributed by atoms with Gasteiger partial charge >= 0.3 is 0 Å². The average Bonchev–Trinajstić information content (AvgIpc) is 3.02. The van der Waals surface area contributed by atoms with Crippen molar-refractivity contribution in [1.82, 2.24) is 10.2 Å². The Morgan fingerprint density at radius 2 is 1.95 bits per heavy atom. The van der Waals surface area contributed by atoms with Crippen LogP contribution in [0.15, 0.2) is 47.8 Å². The smallest absolute Gasteiger partial charge is 0.237 e. The van der Waals surface area contributed by atoms with Gasteiger partial charge in [0.15, 0.2) is 0 Å². The largest absolute Gasteiger partial charge is 0.353 e. The van der Waals surface area contributed by atoms with Crippen molar-refractivity contribution in [3.05, 3.63) is 58.3 Å². The Morgan fingerprint density at radius 1 is 1.23 bits per heavy atom. The summed E-state index contributed by atoms with van der Waals surface area (Å²) in [7, 11) is 4.03. The van der Waals surface area contributed by atoms with E-state index in [2.05, 4.69) is 21.7 Å².